The molecule has 0 saturated heterocycles. The van der Waals surface area contributed by atoms with E-state index in [0.29, 0.717) is 0 Å². The lowest BCUT2D eigenvalue weighted by Crippen LogP contribution is -2.31. The number of benzene rings is 1. The SMILES string of the molecule is CCC(=NC)[C@](C)(O)c1ccc(C)cc1. The predicted molar refractivity (Wildman–Crippen MR) is 64.4 cm³/mol. The Balaban J connectivity index is 3.10. The predicted octanol–water partition coefficient (Wildman–Crippen LogP) is 2.68. The minimum absolute atomic E-state index is 0.761. The van der Waals surface area contributed by atoms with Gasteiger partial charge < -0.3 is 5.11 Å². The van der Waals surface area contributed by atoms with Crippen LogP contribution in [-0.2, 0) is 5.60 Å². The summed E-state index contributed by atoms with van der Waals surface area (Å²) in [5, 5.41) is 10.4. The summed E-state index contributed by atoms with van der Waals surface area (Å²) in [6, 6.07) is 7.92. The van der Waals surface area contributed by atoms with Gasteiger partial charge in [-0.15, -0.1) is 0 Å². The Hall–Kier alpha value is -1.15. The van der Waals surface area contributed by atoms with Gasteiger partial charge in [0.25, 0.3) is 0 Å². The van der Waals surface area contributed by atoms with E-state index < -0.39 is 5.60 Å². The van der Waals surface area contributed by atoms with Crippen LogP contribution in [-0.4, -0.2) is 17.9 Å². The van der Waals surface area contributed by atoms with Crippen molar-refractivity contribution in [2.75, 3.05) is 7.05 Å². The Kier molecular flexibility index (Phi) is 3.64. The van der Waals surface area contributed by atoms with Crippen molar-refractivity contribution in [3.8, 4) is 0 Å². The lowest BCUT2D eigenvalue weighted by molar-refractivity contribution is 0.130. The second-order valence-electron chi connectivity index (χ2n) is 3.96. The summed E-state index contributed by atoms with van der Waals surface area (Å²) in [4.78, 5) is 4.14. The van der Waals surface area contributed by atoms with Crippen LogP contribution >= 0.6 is 0 Å². The lowest BCUT2D eigenvalue weighted by Gasteiger charge is -2.25. The van der Waals surface area contributed by atoms with Gasteiger partial charge in [-0.25, -0.2) is 0 Å². The standard InChI is InChI=1S/C13H19NO/c1-5-12(14-4)13(3,15)11-8-6-10(2)7-9-11/h6-9,15H,5H2,1-4H3/t13-/m1/s1. The topological polar surface area (TPSA) is 32.6 Å². The van der Waals surface area contributed by atoms with E-state index in [1.165, 1.54) is 5.56 Å². The third kappa shape index (κ3) is 2.45. The maximum Gasteiger partial charge on any atom is 0.124 e. The first-order chi connectivity index (χ1) is 7.02. The van der Waals surface area contributed by atoms with E-state index in [-0.39, 0.29) is 0 Å². The van der Waals surface area contributed by atoms with Gasteiger partial charge >= 0.3 is 0 Å². The highest BCUT2D eigenvalue weighted by Crippen LogP contribution is 2.24. The third-order valence-corrected chi connectivity index (χ3v) is 2.78. The van der Waals surface area contributed by atoms with Crippen molar-refractivity contribution in [2.24, 2.45) is 4.99 Å². The van der Waals surface area contributed by atoms with Crippen molar-refractivity contribution in [3.05, 3.63) is 35.4 Å². The normalized spacial score (nSPS) is 16.2. The molecule has 0 spiro atoms. The number of nitrogens with zero attached hydrogens (tertiary/aromatic N) is 1. The van der Waals surface area contributed by atoms with Gasteiger partial charge in [0.1, 0.15) is 5.60 Å². The molecule has 1 N–H and O–H groups in total. The first kappa shape index (κ1) is 11.9. The van der Waals surface area contributed by atoms with Crippen molar-refractivity contribution < 1.29 is 5.11 Å². The second kappa shape index (κ2) is 4.58. The Morgan fingerprint density at radius 3 is 2.27 bits per heavy atom. The Morgan fingerprint density at radius 1 is 1.33 bits per heavy atom. The number of hydrogen-bond donors (Lipinski definition) is 1. The summed E-state index contributed by atoms with van der Waals surface area (Å²) in [5.41, 5.74) is 1.96. The molecule has 0 bridgehead atoms. The molecule has 1 rings (SSSR count). The van der Waals surface area contributed by atoms with Gasteiger partial charge in [0, 0.05) is 12.8 Å². The molecule has 15 heavy (non-hydrogen) atoms. The smallest absolute Gasteiger partial charge is 0.124 e. The minimum Gasteiger partial charge on any atom is -0.379 e. The monoisotopic (exact) mass is 205 g/mol. The summed E-state index contributed by atoms with van der Waals surface area (Å²) in [5.74, 6) is 0. The molecule has 0 heterocycles. The molecule has 0 amide bonds. The molecule has 0 aliphatic rings. The fourth-order valence-corrected chi connectivity index (χ4v) is 1.76. The van der Waals surface area contributed by atoms with Crippen molar-refractivity contribution in [3.63, 3.8) is 0 Å². The molecule has 82 valence electrons. The Morgan fingerprint density at radius 2 is 1.87 bits per heavy atom. The number of aliphatic hydroxyl groups is 1. The zero-order valence-electron chi connectivity index (χ0n) is 9.91. The van der Waals surface area contributed by atoms with Crippen LogP contribution in [0.15, 0.2) is 29.3 Å². The molecular weight excluding hydrogens is 186 g/mol. The average Bonchev–Trinajstić information content (AvgIpc) is 2.19. The first-order valence-electron chi connectivity index (χ1n) is 5.28. The fourth-order valence-electron chi connectivity index (χ4n) is 1.76. The highest BCUT2D eigenvalue weighted by Gasteiger charge is 2.27. The number of rotatable bonds is 3. The average molecular weight is 205 g/mol. The van der Waals surface area contributed by atoms with E-state index in [2.05, 4.69) is 4.99 Å². The molecular formula is C13H19NO. The van der Waals surface area contributed by atoms with Crippen LogP contribution in [0.25, 0.3) is 0 Å². The van der Waals surface area contributed by atoms with Crippen LogP contribution in [0.3, 0.4) is 0 Å². The second-order valence-corrected chi connectivity index (χ2v) is 3.96. The van der Waals surface area contributed by atoms with E-state index in [1.807, 2.05) is 38.1 Å². The molecule has 0 aliphatic heterocycles. The fraction of sp³-hybridized carbons (Fsp3) is 0.462. The third-order valence-electron chi connectivity index (χ3n) is 2.78. The molecule has 1 atom stereocenters. The molecule has 0 radical (unpaired) electrons. The molecule has 0 aromatic heterocycles. The maximum absolute atomic E-state index is 10.4. The van der Waals surface area contributed by atoms with Gasteiger partial charge in [0.15, 0.2) is 0 Å². The van der Waals surface area contributed by atoms with E-state index >= 15 is 0 Å². The quantitative estimate of drug-likeness (QED) is 0.756. The Labute approximate surface area is 91.7 Å². The van der Waals surface area contributed by atoms with Gasteiger partial charge in [0.05, 0.1) is 0 Å². The lowest BCUT2D eigenvalue weighted by atomic mass is 9.89. The largest absolute Gasteiger partial charge is 0.379 e. The number of hydrogen-bond acceptors (Lipinski definition) is 2. The summed E-state index contributed by atoms with van der Waals surface area (Å²) in [7, 11) is 1.72. The van der Waals surface area contributed by atoms with Crippen LogP contribution in [0.2, 0.25) is 0 Å². The molecule has 1 aromatic rings. The van der Waals surface area contributed by atoms with Gasteiger partial charge in [-0.1, -0.05) is 36.8 Å². The van der Waals surface area contributed by atoms with Crippen LogP contribution in [0.5, 0.6) is 0 Å². The van der Waals surface area contributed by atoms with E-state index in [9.17, 15) is 5.11 Å². The number of aryl methyl sites for hydroxylation is 1. The van der Waals surface area contributed by atoms with Crippen molar-refractivity contribution in [1.29, 1.82) is 0 Å². The summed E-state index contributed by atoms with van der Waals surface area (Å²) >= 11 is 0. The molecule has 0 unspecified atom stereocenters. The van der Waals surface area contributed by atoms with E-state index in [0.717, 1.165) is 17.7 Å². The molecule has 0 aliphatic carbocycles. The minimum atomic E-state index is -0.947. The number of aliphatic imine (C=N–C) groups is 1. The first-order valence-corrected chi connectivity index (χ1v) is 5.28. The molecule has 1 aromatic carbocycles. The van der Waals surface area contributed by atoms with Gasteiger partial charge in [-0.05, 0) is 25.8 Å². The van der Waals surface area contributed by atoms with Crippen molar-refractivity contribution >= 4 is 5.71 Å². The summed E-state index contributed by atoms with van der Waals surface area (Å²) in [6.07, 6.45) is 0.761. The molecule has 0 saturated carbocycles. The summed E-state index contributed by atoms with van der Waals surface area (Å²) < 4.78 is 0. The molecule has 2 heteroatoms. The summed E-state index contributed by atoms with van der Waals surface area (Å²) in [6.45, 7) is 5.83. The van der Waals surface area contributed by atoms with Crippen LogP contribution < -0.4 is 0 Å². The maximum atomic E-state index is 10.4. The molecule has 0 fully saturated rings. The van der Waals surface area contributed by atoms with Crippen LogP contribution in [0.4, 0.5) is 0 Å². The highest BCUT2D eigenvalue weighted by molar-refractivity contribution is 5.92. The Bertz CT molecular complexity index is 349. The van der Waals surface area contributed by atoms with Crippen molar-refractivity contribution in [2.45, 2.75) is 32.8 Å². The van der Waals surface area contributed by atoms with Crippen molar-refractivity contribution in [1.82, 2.24) is 0 Å². The van der Waals surface area contributed by atoms with E-state index in [1.54, 1.807) is 14.0 Å². The zero-order valence-corrected chi connectivity index (χ0v) is 9.91. The zero-order chi connectivity index (χ0) is 11.5. The van der Waals surface area contributed by atoms with Gasteiger partial charge in [-0.3, -0.25) is 4.99 Å². The van der Waals surface area contributed by atoms with Gasteiger partial charge in [0.2, 0.25) is 0 Å². The molecule has 2 nitrogen and oxygen atoms in total. The van der Waals surface area contributed by atoms with Gasteiger partial charge in [-0.2, -0.15) is 0 Å². The van der Waals surface area contributed by atoms with E-state index in [4.69, 9.17) is 0 Å². The van der Waals surface area contributed by atoms with Crippen LogP contribution in [0, 0.1) is 6.92 Å². The highest BCUT2D eigenvalue weighted by atomic mass is 16.3. The van der Waals surface area contributed by atoms with Crippen LogP contribution in [0.1, 0.15) is 31.4 Å².